The Labute approximate surface area is 112 Å². The highest BCUT2D eigenvalue weighted by molar-refractivity contribution is 4.85. The van der Waals surface area contributed by atoms with Gasteiger partial charge in [-0.2, -0.15) is 0 Å². The molecule has 3 heterocycles. The number of piperidine rings is 2. The van der Waals surface area contributed by atoms with Crippen molar-refractivity contribution in [3.8, 4) is 0 Å². The zero-order valence-corrected chi connectivity index (χ0v) is 11.7. The molecule has 3 saturated heterocycles. The molecule has 3 aliphatic rings. The number of nitrogens with zero attached hydrogens (tertiary/aromatic N) is 2. The molecule has 0 amide bonds. The fourth-order valence-corrected chi connectivity index (χ4v) is 3.96. The Morgan fingerprint density at radius 3 is 2.89 bits per heavy atom. The zero-order chi connectivity index (χ0) is 12.2. The van der Waals surface area contributed by atoms with Crippen LogP contribution in [0.3, 0.4) is 0 Å². The maximum absolute atomic E-state index is 3.54. The molecule has 0 saturated carbocycles. The average Bonchev–Trinajstić information content (AvgIpc) is 2.46. The predicted octanol–water partition coefficient (Wildman–Crippen LogP) is 1.55. The standard InChI is InChI=1S/C15H29N3/c1-2-8-18-11-10-17(13-15(18)5-1)9-6-14-4-3-7-16-12-14/h14-16H,1-13H2. The fraction of sp³-hybridized carbons (Fsp3) is 1.00. The average molecular weight is 251 g/mol. The zero-order valence-electron chi connectivity index (χ0n) is 11.7. The van der Waals surface area contributed by atoms with Crippen molar-refractivity contribution in [3.63, 3.8) is 0 Å². The van der Waals surface area contributed by atoms with E-state index >= 15 is 0 Å². The lowest BCUT2D eigenvalue weighted by molar-refractivity contribution is 0.0462. The first-order valence-corrected chi connectivity index (χ1v) is 8.09. The molecule has 3 rings (SSSR count). The van der Waals surface area contributed by atoms with Crippen LogP contribution in [-0.4, -0.2) is 61.7 Å². The quantitative estimate of drug-likeness (QED) is 0.821. The normalized spacial score (nSPS) is 35.3. The molecule has 3 heteroatoms. The first-order chi connectivity index (χ1) is 8.92. The van der Waals surface area contributed by atoms with Crippen LogP contribution in [0.25, 0.3) is 0 Å². The van der Waals surface area contributed by atoms with Gasteiger partial charge in [0.15, 0.2) is 0 Å². The van der Waals surface area contributed by atoms with Crippen LogP contribution in [0.15, 0.2) is 0 Å². The van der Waals surface area contributed by atoms with E-state index in [-0.39, 0.29) is 0 Å². The van der Waals surface area contributed by atoms with Crippen LogP contribution in [0.1, 0.15) is 38.5 Å². The van der Waals surface area contributed by atoms with E-state index in [0.29, 0.717) is 0 Å². The van der Waals surface area contributed by atoms with Crippen molar-refractivity contribution in [2.24, 2.45) is 5.92 Å². The molecule has 18 heavy (non-hydrogen) atoms. The molecule has 3 fully saturated rings. The van der Waals surface area contributed by atoms with Gasteiger partial charge < -0.3 is 10.2 Å². The second-order valence-electron chi connectivity index (χ2n) is 6.49. The van der Waals surface area contributed by atoms with Crippen LogP contribution in [0.2, 0.25) is 0 Å². The minimum atomic E-state index is 0.886. The molecule has 2 atom stereocenters. The van der Waals surface area contributed by atoms with Crippen LogP contribution < -0.4 is 5.32 Å². The van der Waals surface area contributed by atoms with Crippen LogP contribution in [-0.2, 0) is 0 Å². The molecule has 104 valence electrons. The summed E-state index contributed by atoms with van der Waals surface area (Å²) < 4.78 is 0. The summed E-state index contributed by atoms with van der Waals surface area (Å²) in [5.41, 5.74) is 0. The topological polar surface area (TPSA) is 18.5 Å². The number of nitrogens with one attached hydrogen (secondary N) is 1. The van der Waals surface area contributed by atoms with Crippen molar-refractivity contribution >= 4 is 0 Å². The molecule has 0 aromatic rings. The van der Waals surface area contributed by atoms with E-state index in [4.69, 9.17) is 0 Å². The molecular weight excluding hydrogens is 222 g/mol. The van der Waals surface area contributed by atoms with Gasteiger partial charge in [-0.1, -0.05) is 6.42 Å². The van der Waals surface area contributed by atoms with E-state index in [0.717, 1.165) is 12.0 Å². The number of hydrogen-bond donors (Lipinski definition) is 1. The van der Waals surface area contributed by atoms with Crippen molar-refractivity contribution in [2.45, 2.75) is 44.6 Å². The first-order valence-electron chi connectivity index (χ1n) is 8.09. The van der Waals surface area contributed by atoms with Crippen LogP contribution >= 0.6 is 0 Å². The summed E-state index contributed by atoms with van der Waals surface area (Å²) in [6, 6.07) is 0.886. The Kier molecular flexibility index (Phi) is 4.55. The summed E-state index contributed by atoms with van der Waals surface area (Å²) in [6.07, 6.45) is 8.60. The van der Waals surface area contributed by atoms with Crippen LogP contribution in [0, 0.1) is 5.92 Å². The Balaban J connectivity index is 1.40. The molecule has 0 aromatic carbocycles. The van der Waals surface area contributed by atoms with Gasteiger partial charge in [0.25, 0.3) is 0 Å². The third kappa shape index (κ3) is 3.25. The smallest absolute Gasteiger partial charge is 0.0223 e. The summed E-state index contributed by atoms with van der Waals surface area (Å²) in [5.74, 6) is 0.947. The second-order valence-corrected chi connectivity index (χ2v) is 6.49. The second kappa shape index (κ2) is 6.36. The molecule has 3 nitrogen and oxygen atoms in total. The third-order valence-electron chi connectivity index (χ3n) is 5.17. The highest BCUT2D eigenvalue weighted by Crippen LogP contribution is 2.22. The van der Waals surface area contributed by atoms with Gasteiger partial charge in [-0.3, -0.25) is 4.90 Å². The maximum Gasteiger partial charge on any atom is 0.0223 e. The molecule has 0 radical (unpaired) electrons. The van der Waals surface area contributed by atoms with Gasteiger partial charge in [0.2, 0.25) is 0 Å². The summed E-state index contributed by atoms with van der Waals surface area (Å²) >= 11 is 0. The Bertz CT molecular complexity index is 250. The number of hydrogen-bond acceptors (Lipinski definition) is 3. The van der Waals surface area contributed by atoms with Crippen molar-refractivity contribution in [3.05, 3.63) is 0 Å². The molecule has 0 aliphatic carbocycles. The van der Waals surface area contributed by atoms with Crippen molar-refractivity contribution in [1.82, 2.24) is 15.1 Å². The number of piperazine rings is 1. The monoisotopic (exact) mass is 251 g/mol. The van der Waals surface area contributed by atoms with Crippen molar-refractivity contribution in [1.29, 1.82) is 0 Å². The molecule has 1 N–H and O–H groups in total. The first kappa shape index (κ1) is 12.9. The minimum absolute atomic E-state index is 0.886. The molecule has 2 unspecified atom stereocenters. The van der Waals surface area contributed by atoms with E-state index in [1.54, 1.807) is 0 Å². The number of fused-ring (bicyclic) bond motifs is 1. The summed E-state index contributed by atoms with van der Waals surface area (Å²) in [5, 5.41) is 3.54. The lowest BCUT2D eigenvalue weighted by atomic mass is 9.95. The maximum atomic E-state index is 3.54. The lowest BCUT2D eigenvalue weighted by Gasteiger charge is -2.44. The third-order valence-corrected chi connectivity index (χ3v) is 5.17. The van der Waals surface area contributed by atoms with E-state index in [1.807, 2.05) is 0 Å². The lowest BCUT2D eigenvalue weighted by Crippen LogP contribution is -2.55. The van der Waals surface area contributed by atoms with E-state index in [2.05, 4.69) is 15.1 Å². The largest absolute Gasteiger partial charge is 0.316 e. The molecular formula is C15H29N3. The summed E-state index contributed by atoms with van der Waals surface area (Å²) in [7, 11) is 0. The van der Waals surface area contributed by atoms with Gasteiger partial charge in [0, 0.05) is 25.7 Å². The van der Waals surface area contributed by atoms with Crippen molar-refractivity contribution < 1.29 is 0 Å². The van der Waals surface area contributed by atoms with Gasteiger partial charge in [-0.25, -0.2) is 0 Å². The molecule has 0 spiro atoms. The summed E-state index contributed by atoms with van der Waals surface area (Å²) in [4.78, 5) is 5.48. The van der Waals surface area contributed by atoms with E-state index in [1.165, 1.54) is 84.3 Å². The van der Waals surface area contributed by atoms with Crippen molar-refractivity contribution in [2.75, 3.05) is 45.8 Å². The highest BCUT2D eigenvalue weighted by atomic mass is 15.3. The Hall–Kier alpha value is -0.120. The summed E-state index contributed by atoms with van der Waals surface area (Å²) in [6.45, 7) is 9.22. The Morgan fingerprint density at radius 1 is 1.00 bits per heavy atom. The number of rotatable bonds is 3. The van der Waals surface area contributed by atoms with Crippen LogP contribution in [0.4, 0.5) is 0 Å². The van der Waals surface area contributed by atoms with E-state index in [9.17, 15) is 0 Å². The van der Waals surface area contributed by atoms with Gasteiger partial charge in [-0.05, 0) is 64.2 Å². The molecule has 0 bridgehead atoms. The molecule has 0 aromatic heterocycles. The van der Waals surface area contributed by atoms with Gasteiger partial charge in [0.05, 0.1) is 0 Å². The van der Waals surface area contributed by atoms with Gasteiger partial charge >= 0.3 is 0 Å². The Morgan fingerprint density at radius 2 is 2.00 bits per heavy atom. The minimum Gasteiger partial charge on any atom is -0.316 e. The fourth-order valence-electron chi connectivity index (χ4n) is 3.96. The van der Waals surface area contributed by atoms with Gasteiger partial charge in [-0.15, -0.1) is 0 Å². The highest BCUT2D eigenvalue weighted by Gasteiger charge is 2.28. The van der Waals surface area contributed by atoms with E-state index < -0.39 is 0 Å². The van der Waals surface area contributed by atoms with Crippen LogP contribution in [0.5, 0.6) is 0 Å². The predicted molar refractivity (Wildman–Crippen MR) is 75.9 cm³/mol. The molecule has 3 aliphatic heterocycles. The van der Waals surface area contributed by atoms with Gasteiger partial charge in [0.1, 0.15) is 0 Å². The SMILES string of the molecule is C1CNCC(CCN2CCN3CCCCC3C2)C1.